The van der Waals surface area contributed by atoms with Gasteiger partial charge in [-0.1, -0.05) is 11.6 Å². The van der Waals surface area contributed by atoms with Crippen molar-refractivity contribution in [3.8, 4) is 17.0 Å². The maximum absolute atomic E-state index is 5.39. The maximum atomic E-state index is 5.39. The van der Waals surface area contributed by atoms with Crippen LogP contribution in [0.5, 0.6) is 5.75 Å². The molecular weight excluding hydrogens is 248 g/mol. The van der Waals surface area contributed by atoms with Crippen molar-refractivity contribution in [1.82, 2.24) is 4.98 Å². The minimum atomic E-state index is 0.333. The SMILES string of the molecule is COc1ccc(C)cc1-c1nc(CON)sc1C. The molecule has 0 unspecified atom stereocenters. The first-order chi connectivity index (χ1) is 8.65. The number of hydrogen-bond acceptors (Lipinski definition) is 5. The van der Waals surface area contributed by atoms with Crippen molar-refractivity contribution < 1.29 is 9.57 Å². The van der Waals surface area contributed by atoms with Crippen LogP contribution in [0.25, 0.3) is 11.3 Å². The lowest BCUT2D eigenvalue weighted by Gasteiger charge is -2.08. The van der Waals surface area contributed by atoms with E-state index in [2.05, 4.69) is 22.8 Å². The maximum Gasteiger partial charge on any atom is 0.128 e. The molecule has 0 saturated heterocycles. The van der Waals surface area contributed by atoms with Crippen LogP contribution in [0.15, 0.2) is 18.2 Å². The molecule has 96 valence electrons. The molecule has 0 bridgehead atoms. The molecule has 0 aliphatic heterocycles. The van der Waals surface area contributed by atoms with Crippen LogP contribution in [0.1, 0.15) is 15.4 Å². The Bertz CT molecular complexity index is 552. The molecule has 0 saturated carbocycles. The second-order valence-electron chi connectivity index (χ2n) is 4.03. The molecular formula is C13H16N2O2S. The molecule has 0 fully saturated rings. The molecule has 2 rings (SSSR count). The number of thiazole rings is 1. The minimum Gasteiger partial charge on any atom is -0.496 e. The molecule has 0 aliphatic rings. The molecule has 0 amide bonds. The van der Waals surface area contributed by atoms with E-state index in [0.29, 0.717) is 6.61 Å². The van der Waals surface area contributed by atoms with Gasteiger partial charge >= 0.3 is 0 Å². The van der Waals surface area contributed by atoms with Crippen LogP contribution < -0.4 is 10.6 Å². The predicted molar refractivity (Wildman–Crippen MR) is 72.6 cm³/mol. The highest BCUT2D eigenvalue weighted by Crippen LogP contribution is 2.34. The molecule has 1 aromatic carbocycles. The highest BCUT2D eigenvalue weighted by molar-refractivity contribution is 7.12. The van der Waals surface area contributed by atoms with Crippen LogP contribution in [0, 0.1) is 13.8 Å². The summed E-state index contributed by atoms with van der Waals surface area (Å²) < 4.78 is 5.39. The Kier molecular flexibility index (Phi) is 3.96. The summed E-state index contributed by atoms with van der Waals surface area (Å²) >= 11 is 1.59. The van der Waals surface area contributed by atoms with E-state index in [1.54, 1.807) is 18.4 Å². The van der Waals surface area contributed by atoms with Gasteiger partial charge in [0.15, 0.2) is 0 Å². The summed E-state index contributed by atoms with van der Waals surface area (Å²) in [5, 5.41) is 0.869. The Labute approximate surface area is 110 Å². The molecule has 1 heterocycles. The minimum absolute atomic E-state index is 0.333. The number of aromatic nitrogens is 1. The van der Waals surface area contributed by atoms with Crippen molar-refractivity contribution in [2.75, 3.05) is 7.11 Å². The zero-order valence-corrected chi connectivity index (χ0v) is 11.5. The van der Waals surface area contributed by atoms with Gasteiger partial charge in [0.1, 0.15) is 17.4 Å². The first-order valence-corrected chi connectivity index (χ1v) is 6.40. The van der Waals surface area contributed by atoms with Gasteiger partial charge in [0.2, 0.25) is 0 Å². The van der Waals surface area contributed by atoms with Gasteiger partial charge in [0.25, 0.3) is 0 Å². The number of hydrogen-bond donors (Lipinski definition) is 1. The number of benzene rings is 1. The zero-order valence-electron chi connectivity index (χ0n) is 10.7. The van der Waals surface area contributed by atoms with Crippen LogP contribution in [0.2, 0.25) is 0 Å². The third kappa shape index (κ3) is 2.53. The third-order valence-electron chi connectivity index (χ3n) is 2.66. The Morgan fingerprint density at radius 1 is 1.33 bits per heavy atom. The number of rotatable bonds is 4. The summed E-state index contributed by atoms with van der Waals surface area (Å²) in [6.07, 6.45) is 0. The number of nitrogens with two attached hydrogens (primary N) is 1. The van der Waals surface area contributed by atoms with Crippen molar-refractivity contribution in [3.63, 3.8) is 0 Å². The Hall–Kier alpha value is -1.43. The lowest BCUT2D eigenvalue weighted by atomic mass is 10.1. The first-order valence-electron chi connectivity index (χ1n) is 5.58. The molecule has 2 N–H and O–H groups in total. The fourth-order valence-electron chi connectivity index (χ4n) is 1.84. The molecule has 0 atom stereocenters. The molecule has 0 aliphatic carbocycles. The van der Waals surface area contributed by atoms with Gasteiger partial charge in [-0.2, -0.15) is 0 Å². The number of ether oxygens (including phenoxy) is 1. The van der Waals surface area contributed by atoms with E-state index in [4.69, 9.17) is 10.6 Å². The zero-order chi connectivity index (χ0) is 13.1. The topological polar surface area (TPSA) is 57.4 Å². The molecule has 0 radical (unpaired) electrons. The Morgan fingerprint density at radius 2 is 2.11 bits per heavy atom. The molecule has 2 aromatic rings. The normalized spacial score (nSPS) is 10.7. The van der Waals surface area contributed by atoms with Crippen molar-refractivity contribution in [1.29, 1.82) is 0 Å². The molecule has 4 nitrogen and oxygen atoms in total. The van der Waals surface area contributed by atoms with Crippen LogP contribution in [-0.4, -0.2) is 12.1 Å². The standard InChI is InChI=1S/C13H16N2O2S/c1-8-4-5-11(16-3)10(6-8)13-9(2)18-12(15-13)7-17-14/h4-6H,7,14H2,1-3H3. The lowest BCUT2D eigenvalue weighted by molar-refractivity contribution is 0.124. The van der Waals surface area contributed by atoms with Gasteiger partial charge in [-0.25, -0.2) is 10.9 Å². The first kappa shape index (κ1) is 13.0. The van der Waals surface area contributed by atoms with E-state index < -0.39 is 0 Å². The van der Waals surface area contributed by atoms with Crippen LogP contribution in [-0.2, 0) is 11.4 Å². The summed E-state index contributed by atoms with van der Waals surface area (Å²) in [6, 6.07) is 6.06. The fraction of sp³-hybridized carbons (Fsp3) is 0.308. The van der Waals surface area contributed by atoms with E-state index in [9.17, 15) is 0 Å². The van der Waals surface area contributed by atoms with Gasteiger partial charge in [0, 0.05) is 10.4 Å². The monoisotopic (exact) mass is 264 g/mol. The van der Waals surface area contributed by atoms with Gasteiger partial charge in [-0.3, -0.25) is 4.84 Å². The van der Waals surface area contributed by atoms with E-state index >= 15 is 0 Å². The highest BCUT2D eigenvalue weighted by atomic mass is 32.1. The summed E-state index contributed by atoms with van der Waals surface area (Å²) in [7, 11) is 1.67. The van der Waals surface area contributed by atoms with Gasteiger partial charge < -0.3 is 4.74 Å². The Morgan fingerprint density at radius 3 is 2.78 bits per heavy atom. The third-order valence-corrected chi connectivity index (χ3v) is 3.60. The summed E-state index contributed by atoms with van der Waals surface area (Å²) in [4.78, 5) is 10.3. The highest BCUT2D eigenvalue weighted by Gasteiger charge is 2.14. The summed E-state index contributed by atoms with van der Waals surface area (Å²) in [6.45, 7) is 4.42. The van der Waals surface area contributed by atoms with Gasteiger partial charge in [-0.15, -0.1) is 11.3 Å². The summed E-state index contributed by atoms with van der Waals surface area (Å²) in [5.41, 5.74) is 3.12. The van der Waals surface area contributed by atoms with E-state index in [-0.39, 0.29) is 0 Å². The second-order valence-corrected chi connectivity index (χ2v) is 5.31. The second kappa shape index (κ2) is 5.48. The predicted octanol–water partition coefficient (Wildman–Crippen LogP) is 2.83. The van der Waals surface area contributed by atoms with E-state index in [1.165, 1.54) is 5.56 Å². The summed E-state index contributed by atoms with van der Waals surface area (Å²) in [5.74, 6) is 5.91. The lowest BCUT2D eigenvalue weighted by Crippen LogP contribution is -1.98. The van der Waals surface area contributed by atoms with Crippen molar-refractivity contribution in [3.05, 3.63) is 33.6 Å². The average molecular weight is 264 g/mol. The van der Waals surface area contributed by atoms with Gasteiger partial charge in [0.05, 0.1) is 12.8 Å². The van der Waals surface area contributed by atoms with Crippen molar-refractivity contribution in [2.45, 2.75) is 20.5 Å². The smallest absolute Gasteiger partial charge is 0.128 e. The largest absolute Gasteiger partial charge is 0.496 e. The molecule has 1 aromatic heterocycles. The number of nitrogens with zero attached hydrogens (tertiary/aromatic N) is 1. The quantitative estimate of drug-likeness (QED) is 0.863. The van der Waals surface area contributed by atoms with Crippen LogP contribution >= 0.6 is 11.3 Å². The van der Waals surface area contributed by atoms with Gasteiger partial charge in [-0.05, 0) is 26.0 Å². The van der Waals surface area contributed by atoms with E-state index in [0.717, 1.165) is 26.9 Å². The van der Waals surface area contributed by atoms with E-state index in [1.807, 2.05) is 19.1 Å². The average Bonchev–Trinajstić information content (AvgIpc) is 2.70. The van der Waals surface area contributed by atoms with Crippen LogP contribution in [0.3, 0.4) is 0 Å². The van der Waals surface area contributed by atoms with Crippen molar-refractivity contribution in [2.24, 2.45) is 5.90 Å². The molecule has 18 heavy (non-hydrogen) atoms. The molecule has 5 heteroatoms. The van der Waals surface area contributed by atoms with Crippen molar-refractivity contribution >= 4 is 11.3 Å². The van der Waals surface area contributed by atoms with Crippen LogP contribution in [0.4, 0.5) is 0 Å². The fourth-order valence-corrected chi connectivity index (χ4v) is 2.71. The number of aryl methyl sites for hydroxylation is 2. The molecule has 0 spiro atoms. The number of methoxy groups -OCH3 is 1. The Balaban J connectivity index is 2.50.